The molecule has 0 aliphatic heterocycles. The van der Waals surface area contributed by atoms with Gasteiger partial charge in [-0.3, -0.25) is 0 Å². The molecule has 0 unspecified atom stereocenters. The summed E-state index contributed by atoms with van der Waals surface area (Å²) in [6.45, 7) is 5.97. The largest absolute Gasteiger partial charge is 0.495 e. The van der Waals surface area contributed by atoms with Crippen molar-refractivity contribution in [3.63, 3.8) is 0 Å². The zero-order chi connectivity index (χ0) is 13.5. The van der Waals surface area contributed by atoms with E-state index in [-0.39, 0.29) is 0 Å². The van der Waals surface area contributed by atoms with Crippen molar-refractivity contribution in [1.29, 1.82) is 0 Å². The second-order valence-electron chi connectivity index (χ2n) is 3.46. The molecule has 18 heavy (non-hydrogen) atoms. The highest BCUT2D eigenvalue weighted by Crippen LogP contribution is 2.28. The van der Waals surface area contributed by atoms with E-state index in [0.29, 0.717) is 0 Å². The smallest absolute Gasteiger partial charge is 0.143 e. The van der Waals surface area contributed by atoms with Gasteiger partial charge in [-0.15, -0.1) is 11.8 Å². The van der Waals surface area contributed by atoms with Crippen molar-refractivity contribution in [3.8, 4) is 11.4 Å². The molecule has 3 nitrogen and oxygen atoms in total. The van der Waals surface area contributed by atoms with Crippen molar-refractivity contribution >= 4 is 11.8 Å². The minimum Gasteiger partial charge on any atom is -0.495 e. The Morgan fingerprint density at radius 1 is 1.28 bits per heavy atom. The molecule has 0 fully saturated rings. The first-order valence-electron chi connectivity index (χ1n) is 5.97. The topological polar surface area (TPSA) is 27.1 Å². The highest BCUT2D eigenvalue weighted by molar-refractivity contribution is 7.98. The molecule has 0 amide bonds. The Bertz CT molecular complexity index is 494. The van der Waals surface area contributed by atoms with Crippen molar-refractivity contribution in [1.82, 2.24) is 9.55 Å². The van der Waals surface area contributed by atoms with E-state index in [2.05, 4.69) is 17.3 Å². The van der Waals surface area contributed by atoms with Gasteiger partial charge in [0.2, 0.25) is 0 Å². The van der Waals surface area contributed by atoms with Crippen molar-refractivity contribution < 1.29 is 4.74 Å². The van der Waals surface area contributed by atoms with Gasteiger partial charge >= 0.3 is 0 Å². The van der Waals surface area contributed by atoms with Gasteiger partial charge in [0.05, 0.1) is 24.8 Å². The molecular weight excluding hydrogens is 244 g/mol. The first-order valence-corrected chi connectivity index (χ1v) is 7.20. The van der Waals surface area contributed by atoms with Crippen LogP contribution in [0, 0.1) is 6.92 Å². The number of ether oxygens (including phenoxy) is 1. The maximum atomic E-state index is 5.39. The number of hydrogen-bond donors (Lipinski definition) is 0. The van der Waals surface area contributed by atoms with Gasteiger partial charge in [-0.05, 0) is 31.4 Å². The zero-order valence-electron chi connectivity index (χ0n) is 11.6. The van der Waals surface area contributed by atoms with Crippen LogP contribution >= 0.6 is 11.8 Å². The number of nitrogens with zero attached hydrogens (tertiary/aromatic N) is 2. The first kappa shape index (κ1) is 14.6. The molecule has 2 aromatic rings. The minimum atomic E-state index is 0.865. The van der Waals surface area contributed by atoms with Gasteiger partial charge < -0.3 is 9.30 Å². The van der Waals surface area contributed by atoms with E-state index in [1.165, 1.54) is 4.90 Å². The Morgan fingerprint density at radius 3 is 2.50 bits per heavy atom. The average molecular weight is 264 g/mol. The Balaban J connectivity index is 0.000000771. The summed E-state index contributed by atoms with van der Waals surface area (Å²) in [6, 6.07) is 6.17. The maximum absolute atomic E-state index is 5.39. The fourth-order valence-electron chi connectivity index (χ4n) is 1.55. The Labute approximate surface area is 113 Å². The molecule has 98 valence electrons. The van der Waals surface area contributed by atoms with Crippen LogP contribution in [-0.4, -0.2) is 22.9 Å². The fourth-order valence-corrected chi connectivity index (χ4v) is 1.98. The SMILES string of the molecule is CC.COc1cc(SC)ccc1-n1cnc(C)c1. The molecule has 1 aromatic carbocycles. The number of imidazole rings is 1. The van der Waals surface area contributed by atoms with Crippen LogP contribution in [0.1, 0.15) is 19.5 Å². The molecule has 4 heteroatoms. The number of methoxy groups -OCH3 is 1. The number of aromatic nitrogens is 2. The predicted molar refractivity (Wildman–Crippen MR) is 78.0 cm³/mol. The highest BCUT2D eigenvalue weighted by atomic mass is 32.2. The van der Waals surface area contributed by atoms with Gasteiger partial charge in [0.25, 0.3) is 0 Å². The Morgan fingerprint density at radius 2 is 2.00 bits per heavy atom. The number of hydrogen-bond acceptors (Lipinski definition) is 3. The quantitative estimate of drug-likeness (QED) is 0.786. The summed E-state index contributed by atoms with van der Waals surface area (Å²) in [5.74, 6) is 0.865. The van der Waals surface area contributed by atoms with Gasteiger partial charge in [-0.1, -0.05) is 13.8 Å². The molecule has 0 aliphatic rings. The molecule has 0 atom stereocenters. The van der Waals surface area contributed by atoms with Crippen molar-refractivity contribution in [2.75, 3.05) is 13.4 Å². The molecule has 0 N–H and O–H groups in total. The molecule has 1 heterocycles. The van der Waals surface area contributed by atoms with Crippen LogP contribution in [0.5, 0.6) is 5.75 Å². The number of thioether (sulfide) groups is 1. The minimum absolute atomic E-state index is 0.865. The predicted octanol–water partition coefficient (Wildman–Crippen LogP) is 3.94. The van der Waals surface area contributed by atoms with Crippen LogP contribution in [-0.2, 0) is 0 Å². The average Bonchev–Trinajstić information content (AvgIpc) is 2.86. The highest BCUT2D eigenvalue weighted by Gasteiger charge is 2.06. The molecule has 0 saturated carbocycles. The van der Waals surface area contributed by atoms with E-state index >= 15 is 0 Å². The summed E-state index contributed by atoms with van der Waals surface area (Å²) in [6.07, 6.45) is 5.83. The molecule has 0 spiro atoms. The molecule has 0 radical (unpaired) electrons. The standard InChI is InChI=1S/C12H14N2OS.C2H6/c1-9-7-14(8-13-9)11-5-4-10(16-3)6-12(11)15-2;1-2/h4-8H,1-3H3;1-2H3. The van der Waals surface area contributed by atoms with E-state index in [1.807, 2.05) is 43.7 Å². The first-order chi connectivity index (χ1) is 8.74. The van der Waals surface area contributed by atoms with E-state index < -0.39 is 0 Å². The van der Waals surface area contributed by atoms with Crippen molar-refractivity contribution in [3.05, 3.63) is 36.4 Å². The van der Waals surface area contributed by atoms with Crippen LogP contribution in [0.25, 0.3) is 5.69 Å². The van der Waals surface area contributed by atoms with Crippen LogP contribution in [0.3, 0.4) is 0 Å². The summed E-state index contributed by atoms with van der Waals surface area (Å²) in [5.41, 5.74) is 2.01. The van der Waals surface area contributed by atoms with Gasteiger partial charge in [-0.25, -0.2) is 4.98 Å². The Kier molecular flexibility index (Phi) is 5.78. The number of rotatable bonds is 3. The summed E-state index contributed by atoms with van der Waals surface area (Å²) >= 11 is 1.70. The second-order valence-corrected chi connectivity index (χ2v) is 4.34. The summed E-state index contributed by atoms with van der Waals surface area (Å²) in [5, 5.41) is 0. The molecule has 1 aromatic heterocycles. The second kappa shape index (κ2) is 7.11. The fraction of sp³-hybridized carbons (Fsp3) is 0.357. The van der Waals surface area contributed by atoms with Crippen LogP contribution in [0.2, 0.25) is 0 Å². The third-order valence-electron chi connectivity index (χ3n) is 2.38. The van der Waals surface area contributed by atoms with Gasteiger partial charge in [0, 0.05) is 11.1 Å². The summed E-state index contributed by atoms with van der Waals surface area (Å²) in [4.78, 5) is 5.41. The molecule has 0 saturated heterocycles. The van der Waals surface area contributed by atoms with E-state index in [4.69, 9.17) is 4.74 Å². The van der Waals surface area contributed by atoms with Crippen LogP contribution in [0.15, 0.2) is 35.6 Å². The zero-order valence-corrected chi connectivity index (χ0v) is 12.4. The maximum Gasteiger partial charge on any atom is 0.143 e. The molecule has 0 bridgehead atoms. The van der Waals surface area contributed by atoms with Gasteiger partial charge in [-0.2, -0.15) is 0 Å². The van der Waals surface area contributed by atoms with Crippen LogP contribution < -0.4 is 4.74 Å². The Hall–Kier alpha value is -1.42. The lowest BCUT2D eigenvalue weighted by molar-refractivity contribution is 0.412. The van der Waals surface area contributed by atoms with E-state index in [0.717, 1.165) is 17.1 Å². The van der Waals surface area contributed by atoms with E-state index in [1.54, 1.807) is 25.2 Å². The molecule has 2 rings (SSSR count). The lowest BCUT2D eigenvalue weighted by atomic mass is 10.3. The number of aryl methyl sites for hydroxylation is 1. The normalized spacial score (nSPS) is 9.61. The third-order valence-corrected chi connectivity index (χ3v) is 3.10. The van der Waals surface area contributed by atoms with E-state index in [9.17, 15) is 0 Å². The van der Waals surface area contributed by atoms with Crippen molar-refractivity contribution in [2.24, 2.45) is 0 Å². The summed E-state index contributed by atoms with van der Waals surface area (Å²) in [7, 11) is 1.69. The number of benzene rings is 1. The molecular formula is C14H20N2OS. The summed E-state index contributed by atoms with van der Waals surface area (Å²) < 4.78 is 7.36. The molecule has 0 aliphatic carbocycles. The lowest BCUT2D eigenvalue weighted by Crippen LogP contribution is -1.95. The third kappa shape index (κ3) is 3.29. The van der Waals surface area contributed by atoms with Crippen molar-refractivity contribution in [2.45, 2.75) is 25.7 Å². The van der Waals surface area contributed by atoms with Gasteiger partial charge in [0.15, 0.2) is 0 Å². The van der Waals surface area contributed by atoms with Gasteiger partial charge in [0.1, 0.15) is 5.75 Å². The monoisotopic (exact) mass is 264 g/mol. The lowest BCUT2D eigenvalue weighted by Gasteiger charge is -2.10. The van der Waals surface area contributed by atoms with Crippen LogP contribution in [0.4, 0.5) is 0 Å².